The third-order valence-electron chi connectivity index (χ3n) is 3.07. The number of carbonyl (C=O) groups excluding carboxylic acids is 1. The van der Waals surface area contributed by atoms with E-state index in [-0.39, 0.29) is 12.1 Å². The molecule has 3 N–H and O–H groups in total. The Morgan fingerprint density at radius 3 is 2.70 bits per heavy atom. The molecule has 1 aliphatic rings. The van der Waals surface area contributed by atoms with Crippen LogP contribution in [0, 0.1) is 5.92 Å². The van der Waals surface area contributed by atoms with E-state index >= 15 is 0 Å². The van der Waals surface area contributed by atoms with Crippen molar-refractivity contribution in [1.29, 1.82) is 0 Å². The van der Waals surface area contributed by atoms with Gasteiger partial charge in [0.15, 0.2) is 0 Å². The molecule has 1 aromatic carbocycles. The van der Waals surface area contributed by atoms with Gasteiger partial charge >= 0.3 is 12.0 Å². The normalized spacial score (nSPS) is 20.6. The lowest BCUT2D eigenvalue weighted by atomic mass is 10.1. The molecule has 6 heteroatoms. The van der Waals surface area contributed by atoms with Gasteiger partial charge in [-0.25, -0.2) is 4.79 Å². The Morgan fingerprint density at radius 1 is 1.30 bits per heavy atom. The summed E-state index contributed by atoms with van der Waals surface area (Å²) in [5, 5.41) is 14.4. The van der Waals surface area contributed by atoms with Crippen LogP contribution in [0.1, 0.15) is 6.42 Å². The number of anilines is 1. The van der Waals surface area contributed by atoms with Crippen molar-refractivity contribution in [2.75, 3.05) is 11.6 Å². The van der Waals surface area contributed by atoms with Gasteiger partial charge in [-0.1, -0.05) is 24.3 Å². The lowest BCUT2D eigenvalue weighted by Crippen LogP contribution is -2.36. The second-order valence-electron chi connectivity index (χ2n) is 4.47. The van der Waals surface area contributed by atoms with Crippen molar-refractivity contribution in [1.82, 2.24) is 5.32 Å². The van der Waals surface area contributed by atoms with Gasteiger partial charge in [-0.3, -0.25) is 4.79 Å². The van der Waals surface area contributed by atoms with Crippen molar-refractivity contribution in [2.45, 2.75) is 17.4 Å². The molecular weight excluding hydrogens is 276 g/mol. The maximum absolute atomic E-state index is 11.9. The zero-order valence-electron chi connectivity index (χ0n) is 11.0. The predicted octanol–water partition coefficient (Wildman–Crippen LogP) is 2.56. The zero-order chi connectivity index (χ0) is 14.5. The molecular formula is C14H16N2O3S. The first kappa shape index (κ1) is 14.5. The number of amides is 2. The summed E-state index contributed by atoms with van der Waals surface area (Å²) in [6, 6.07) is 6.95. The highest BCUT2D eigenvalue weighted by Gasteiger charge is 2.25. The molecule has 0 fully saturated rings. The number of carboxylic acid groups (broad SMARTS) is 1. The SMILES string of the molecule is CSc1ccccc1NC(=O)NC1C=CC(C(=O)O)C1. The fraction of sp³-hybridized carbons (Fsp3) is 0.286. The lowest BCUT2D eigenvalue weighted by molar-refractivity contribution is -0.140. The minimum absolute atomic E-state index is 0.238. The van der Waals surface area contributed by atoms with Crippen molar-refractivity contribution in [3.8, 4) is 0 Å². The van der Waals surface area contributed by atoms with Crippen molar-refractivity contribution in [3.63, 3.8) is 0 Å². The Kier molecular flexibility index (Phi) is 4.68. The summed E-state index contributed by atoms with van der Waals surface area (Å²) in [6.45, 7) is 0. The Morgan fingerprint density at radius 2 is 2.05 bits per heavy atom. The maximum atomic E-state index is 11.9. The molecule has 5 nitrogen and oxygen atoms in total. The Labute approximate surface area is 121 Å². The summed E-state index contributed by atoms with van der Waals surface area (Å²) >= 11 is 1.55. The van der Waals surface area contributed by atoms with E-state index in [1.54, 1.807) is 23.9 Å². The minimum atomic E-state index is -0.862. The number of carbonyl (C=O) groups is 2. The number of hydrogen-bond donors (Lipinski definition) is 3. The number of hydrogen-bond acceptors (Lipinski definition) is 3. The predicted molar refractivity (Wildman–Crippen MR) is 79.0 cm³/mol. The molecule has 0 heterocycles. The standard InChI is InChI=1S/C14H16N2O3S/c1-20-12-5-3-2-4-11(12)16-14(19)15-10-7-6-9(8-10)13(17)18/h2-7,9-10H,8H2,1H3,(H,17,18)(H2,15,16,19). The van der Waals surface area contributed by atoms with Gasteiger partial charge in [-0.15, -0.1) is 11.8 Å². The van der Waals surface area contributed by atoms with Crippen LogP contribution in [0.5, 0.6) is 0 Å². The van der Waals surface area contributed by atoms with E-state index in [0.717, 1.165) is 10.6 Å². The molecule has 0 aliphatic heterocycles. The molecule has 20 heavy (non-hydrogen) atoms. The van der Waals surface area contributed by atoms with Crippen LogP contribution >= 0.6 is 11.8 Å². The largest absolute Gasteiger partial charge is 0.481 e. The van der Waals surface area contributed by atoms with Crippen LogP contribution in [-0.4, -0.2) is 29.4 Å². The molecule has 1 aliphatic carbocycles. The van der Waals surface area contributed by atoms with Crippen LogP contribution in [0.15, 0.2) is 41.3 Å². The summed E-state index contributed by atoms with van der Waals surface area (Å²) in [5.41, 5.74) is 0.745. The smallest absolute Gasteiger partial charge is 0.319 e. The van der Waals surface area contributed by atoms with Crippen molar-refractivity contribution >= 4 is 29.4 Å². The highest BCUT2D eigenvalue weighted by molar-refractivity contribution is 7.98. The number of urea groups is 1. The number of aliphatic carboxylic acids is 1. The van der Waals surface area contributed by atoms with Crippen LogP contribution in [0.2, 0.25) is 0 Å². The highest BCUT2D eigenvalue weighted by atomic mass is 32.2. The number of benzene rings is 1. The van der Waals surface area contributed by atoms with Gasteiger partial charge < -0.3 is 15.7 Å². The first-order valence-corrected chi connectivity index (χ1v) is 7.44. The molecule has 0 saturated heterocycles. The van der Waals surface area contributed by atoms with Gasteiger partial charge in [-0.05, 0) is 24.8 Å². The van der Waals surface area contributed by atoms with Crippen LogP contribution in [0.3, 0.4) is 0 Å². The highest BCUT2D eigenvalue weighted by Crippen LogP contribution is 2.24. The summed E-state index contributed by atoms with van der Waals surface area (Å²) < 4.78 is 0. The van der Waals surface area contributed by atoms with Crippen LogP contribution in [0.4, 0.5) is 10.5 Å². The Hall–Kier alpha value is -1.95. The van der Waals surface area contributed by atoms with E-state index < -0.39 is 11.9 Å². The van der Waals surface area contributed by atoms with Gasteiger partial charge in [0.25, 0.3) is 0 Å². The molecule has 0 spiro atoms. The summed E-state index contributed by atoms with van der Waals surface area (Å²) in [4.78, 5) is 23.7. The second-order valence-corrected chi connectivity index (χ2v) is 5.32. The number of carboxylic acids is 1. The number of para-hydroxylation sites is 1. The first-order chi connectivity index (χ1) is 9.60. The van der Waals surface area contributed by atoms with Crippen LogP contribution in [-0.2, 0) is 4.79 Å². The molecule has 106 valence electrons. The second kappa shape index (κ2) is 6.47. The van der Waals surface area contributed by atoms with Gasteiger partial charge in [-0.2, -0.15) is 0 Å². The number of thioether (sulfide) groups is 1. The fourth-order valence-corrected chi connectivity index (χ4v) is 2.62. The average molecular weight is 292 g/mol. The topological polar surface area (TPSA) is 78.4 Å². The zero-order valence-corrected chi connectivity index (χ0v) is 11.8. The summed E-state index contributed by atoms with van der Waals surface area (Å²) in [7, 11) is 0. The molecule has 2 atom stereocenters. The molecule has 2 amide bonds. The van der Waals surface area contributed by atoms with Crippen LogP contribution < -0.4 is 10.6 Å². The molecule has 2 rings (SSSR count). The molecule has 0 saturated carbocycles. The van der Waals surface area contributed by atoms with Gasteiger partial charge in [0.2, 0.25) is 0 Å². The number of nitrogens with one attached hydrogen (secondary N) is 2. The summed E-state index contributed by atoms with van der Waals surface area (Å²) in [5.74, 6) is -1.38. The first-order valence-electron chi connectivity index (χ1n) is 6.22. The van der Waals surface area contributed by atoms with Gasteiger partial charge in [0.05, 0.1) is 17.6 Å². The van der Waals surface area contributed by atoms with Crippen LogP contribution in [0.25, 0.3) is 0 Å². The third kappa shape index (κ3) is 3.54. The summed E-state index contributed by atoms with van der Waals surface area (Å²) in [6.07, 6.45) is 5.67. The fourth-order valence-electron chi connectivity index (χ4n) is 2.06. The minimum Gasteiger partial charge on any atom is -0.481 e. The van der Waals surface area contributed by atoms with E-state index in [4.69, 9.17) is 5.11 Å². The van der Waals surface area contributed by atoms with Crippen molar-refractivity contribution in [2.24, 2.45) is 5.92 Å². The van der Waals surface area contributed by atoms with E-state index in [0.29, 0.717) is 6.42 Å². The molecule has 0 radical (unpaired) electrons. The van der Waals surface area contributed by atoms with E-state index in [1.165, 1.54) is 0 Å². The maximum Gasteiger partial charge on any atom is 0.319 e. The Balaban J connectivity index is 1.91. The van der Waals surface area contributed by atoms with Crippen molar-refractivity contribution < 1.29 is 14.7 Å². The molecule has 1 aromatic rings. The van der Waals surface area contributed by atoms with Crippen molar-refractivity contribution in [3.05, 3.63) is 36.4 Å². The number of rotatable bonds is 4. The van der Waals surface area contributed by atoms with Gasteiger partial charge in [0.1, 0.15) is 0 Å². The average Bonchev–Trinajstić information content (AvgIpc) is 2.88. The van der Waals surface area contributed by atoms with E-state index in [1.807, 2.05) is 30.5 Å². The van der Waals surface area contributed by atoms with E-state index in [9.17, 15) is 9.59 Å². The van der Waals surface area contributed by atoms with E-state index in [2.05, 4.69) is 10.6 Å². The van der Waals surface area contributed by atoms with Gasteiger partial charge in [0, 0.05) is 4.90 Å². The quantitative estimate of drug-likeness (QED) is 0.588. The molecule has 0 bridgehead atoms. The monoisotopic (exact) mass is 292 g/mol. The Bertz CT molecular complexity index is 545. The lowest BCUT2D eigenvalue weighted by Gasteiger charge is -2.14. The third-order valence-corrected chi connectivity index (χ3v) is 3.87. The molecule has 0 aromatic heterocycles. The molecule has 2 unspecified atom stereocenters.